The van der Waals surface area contributed by atoms with Crippen molar-refractivity contribution in [3.63, 3.8) is 0 Å². The van der Waals surface area contributed by atoms with Gasteiger partial charge in [0.2, 0.25) is 0 Å². The molecule has 1 fully saturated rings. The van der Waals surface area contributed by atoms with Crippen LogP contribution in [0.2, 0.25) is 0 Å². The van der Waals surface area contributed by atoms with E-state index in [2.05, 4.69) is 25.2 Å². The van der Waals surface area contributed by atoms with Gasteiger partial charge in [0.15, 0.2) is 5.60 Å². The largest absolute Gasteiger partial charge is 0.379 e. The number of thioether (sulfide) groups is 1. The summed E-state index contributed by atoms with van der Waals surface area (Å²) < 4.78 is 0. The maximum absolute atomic E-state index is 12.0. The second kappa shape index (κ2) is 5.23. The van der Waals surface area contributed by atoms with Gasteiger partial charge in [-0.05, 0) is 23.6 Å². The quantitative estimate of drug-likeness (QED) is 0.890. The van der Waals surface area contributed by atoms with Crippen molar-refractivity contribution in [1.82, 2.24) is 5.32 Å². The molecule has 0 aliphatic carbocycles. The van der Waals surface area contributed by atoms with E-state index in [1.165, 1.54) is 4.88 Å². The van der Waals surface area contributed by atoms with E-state index in [1.807, 2.05) is 11.4 Å². The predicted octanol–water partition coefficient (Wildman–Crippen LogP) is 2.01. The van der Waals surface area contributed by atoms with Crippen molar-refractivity contribution >= 4 is 29.0 Å². The molecule has 1 amide bonds. The molecule has 3 nitrogen and oxygen atoms in total. The van der Waals surface area contributed by atoms with Crippen LogP contribution in [0.15, 0.2) is 17.5 Å². The Kier molecular flexibility index (Phi) is 4.04. The number of aliphatic hydroxyl groups is 1. The summed E-state index contributed by atoms with van der Waals surface area (Å²) in [7, 11) is 0. The van der Waals surface area contributed by atoms with Crippen LogP contribution in [-0.4, -0.2) is 34.7 Å². The number of thiophene rings is 1. The highest BCUT2D eigenvalue weighted by molar-refractivity contribution is 7.99. The molecule has 0 aromatic carbocycles. The van der Waals surface area contributed by atoms with Gasteiger partial charge < -0.3 is 10.4 Å². The monoisotopic (exact) mass is 285 g/mol. The lowest BCUT2D eigenvalue weighted by atomic mass is 9.91. The van der Waals surface area contributed by atoms with Crippen LogP contribution in [0, 0.1) is 0 Å². The second-order valence-electron chi connectivity index (χ2n) is 5.38. The summed E-state index contributed by atoms with van der Waals surface area (Å²) >= 11 is 3.33. The van der Waals surface area contributed by atoms with E-state index < -0.39 is 5.60 Å². The van der Waals surface area contributed by atoms with Gasteiger partial charge in [0.25, 0.3) is 5.91 Å². The minimum Gasteiger partial charge on any atom is -0.379 e. The third-order valence-electron chi connectivity index (χ3n) is 3.30. The van der Waals surface area contributed by atoms with Crippen molar-refractivity contribution in [3.05, 3.63) is 22.4 Å². The number of hydrogen-bond acceptors (Lipinski definition) is 4. The zero-order valence-corrected chi connectivity index (χ0v) is 12.4. The Labute approximate surface area is 116 Å². The van der Waals surface area contributed by atoms with Crippen molar-refractivity contribution in [3.8, 4) is 0 Å². The molecule has 2 N–H and O–H groups in total. The van der Waals surface area contributed by atoms with Gasteiger partial charge in [0.05, 0.1) is 0 Å². The van der Waals surface area contributed by atoms with Crippen LogP contribution in [0.1, 0.15) is 25.1 Å². The summed E-state index contributed by atoms with van der Waals surface area (Å²) in [6.45, 7) is 4.76. The van der Waals surface area contributed by atoms with Crippen LogP contribution >= 0.6 is 23.1 Å². The SMILES string of the molecule is CC(C)(CNC(=O)C1(O)CCSC1)c1cccs1. The number of amides is 1. The molecule has 1 saturated heterocycles. The molecular weight excluding hydrogens is 266 g/mol. The second-order valence-corrected chi connectivity index (χ2v) is 7.43. The van der Waals surface area contributed by atoms with E-state index in [0.717, 1.165) is 5.75 Å². The fraction of sp³-hybridized carbons (Fsp3) is 0.615. The lowest BCUT2D eigenvalue weighted by Crippen LogP contribution is -2.49. The van der Waals surface area contributed by atoms with Gasteiger partial charge in [-0.15, -0.1) is 11.3 Å². The fourth-order valence-electron chi connectivity index (χ4n) is 1.95. The van der Waals surface area contributed by atoms with Crippen molar-refractivity contribution in [2.24, 2.45) is 0 Å². The van der Waals surface area contributed by atoms with E-state index in [1.54, 1.807) is 23.1 Å². The summed E-state index contributed by atoms with van der Waals surface area (Å²) in [5.41, 5.74) is -1.25. The highest BCUT2D eigenvalue weighted by atomic mass is 32.2. The van der Waals surface area contributed by atoms with Gasteiger partial charge in [-0.2, -0.15) is 11.8 Å². The lowest BCUT2D eigenvalue weighted by molar-refractivity contribution is -0.137. The Hall–Kier alpha value is -0.520. The molecule has 5 heteroatoms. The normalized spacial score (nSPS) is 24.2. The Morgan fingerprint density at radius 2 is 2.39 bits per heavy atom. The molecule has 1 unspecified atom stereocenters. The van der Waals surface area contributed by atoms with Gasteiger partial charge in [-0.1, -0.05) is 19.9 Å². The number of carbonyl (C=O) groups is 1. The van der Waals surface area contributed by atoms with Crippen molar-refractivity contribution in [1.29, 1.82) is 0 Å². The maximum Gasteiger partial charge on any atom is 0.252 e. The van der Waals surface area contributed by atoms with E-state index >= 15 is 0 Å². The Morgan fingerprint density at radius 3 is 2.94 bits per heavy atom. The minimum absolute atomic E-state index is 0.0913. The fourth-order valence-corrected chi connectivity index (χ4v) is 4.04. The first kappa shape index (κ1) is 13.9. The summed E-state index contributed by atoms with van der Waals surface area (Å²) in [6, 6.07) is 4.10. The van der Waals surface area contributed by atoms with Crippen LogP contribution in [0.3, 0.4) is 0 Å². The van der Waals surface area contributed by atoms with Crippen molar-refractivity contribution in [2.45, 2.75) is 31.3 Å². The first-order valence-electron chi connectivity index (χ1n) is 6.06. The first-order chi connectivity index (χ1) is 8.44. The van der Waals surface area contributed by atoms with Crippen LogP contribution in [0.4, 0.5) is 0 Å². The van der Waals surface area contributed by atoms with Crippen molar-refractivity contribution < 1.29 is 9.90 Å². The molecule has 1 aromatic heterocycles. The highest BCUT2D eigenvalue weighted by Crippen LogP contribution is 2.29. The van der Waals surface area contributed by atoms with E-state index in [4.69, 9.17) is 0 Å². The van der Waals surface area contributed by atoms with Gasteiger partial charge >= 0.3 is 0 Å². The summed E-state index contributed by atoms with van der Waals surface area (Å²) in [4.78, 5) is 13.3. The number of carbonyl (C=O) groups excluding carboxylic acids is 1. The zero-order chi connectivity index (χ0) is 13.2. The lowest BCUT2D eigenvalue weighted by Gasteiger charge is -2.27. The van der Waals surface area contributed by atoms with Gasteiger partial charge in [0, 0.05) is 22.6 Å². The molecule has 100 valence electrons. The highest BCUT2D eigenvalue weighted by Gasteiger charge is 2.40. The molecule has 1 aromatic rings. The Morgan fingerprint density at radius 1 is 1.61 bits per heavy atom. The van der Waals surface area contributed by atoms with Gasteiger partial charge in [-0.3, -0.25) is 4.79 Å². The zero-order valence-electron chi connectivity index (χ0n) is 10.7. The molecule has 2 rings (SSSR count). The molecule has 0 radical (unpaired) electrons. The Balaban J connectivity index is 1.93. The van der Waals surface area contributed by atoms with Gasteiger partial charge in [-0.25, -0.2) is 0 Å². The van der Waals surface area contributed by atoms with Crippen LogP contribution in [0.5, 0.6) is 0 Å². The smallest absolute Gasteiger partial charge is 0.252 e. The topological polar surface area (TPSA) is 49.3 Å². The maximum atomic E-state index is 12.0. The van der Waals surface area contributed by atoms with Crippen LogP contribution < -0.4 is 5.32 Å². The molecule has 1 aliphatic rings. The average Bonchev–Trinajstić information content (AvgIpc) is 2.97. The van der Waals surface area contributed by atoms with E-state index in [0.29, 0.717) is 18.7 Å². The molecule has 0 spiro atoms. The van der Waals surface area contributed by atoms with E-state index in [-0.39, 0.29) is 11.3 Å². The minimum atomic E-state index is -1.16. The molecule has 0 saturated carbocycles. The van der Waals surface area contributed by atoms with Crippen molar-refractivity contribution in [2.75, 3.05) is 18.1 Å². The standard InChI is InChI=1S/C13H19NO2S2/c1-12(2,10-4-3-6-18-10)8-14-11(15)13(16)5-7-17-9-13/h3-4,6,16H,5,7-9H2,1-2H3,(H,14,15). The van der Waals surface area contributed by atoms with Gasteiger partial charge in [0.1, 0.15) is 0 Å². The number of rotatable bonds is 4. The predicted molar refractivity (Wildman–Crippen MR) is 77.2 cm³/mol. The Bertz CT molecular complexity index is 409. The summed E-state index contributed by atoms with van der Waals surface area (Å²) in [5.74, 6) is 1.15. The number of nitrogens with one attached hydrogen (secondary N) is 1. The molecular formula is C13H19NO2S2. The van der Waals surface area contributed by atoms with E-state index in [9.17, 15) is 9.90 Å². The number of hydrogen-bond donors (Lipinski definition) is 2. The average molecular weight is 285 g/mol. The molecule has 2 heterocycles. The summed E-state index contributed by atoms with van der Waals surface area (Å²) in [5, 5.41) is 15.1. The molecule has 18 heavy (non-hydrogen) atoms. The molecule has 0 bridgehead atoms. The molecule has 1 aliphatic heterocycles. The third kappa shape index (κ3) is 2.90. The molecule has 1 atom stereocenters. The van der Waals surface area contributed by atoms with Crippen LogP contribution in [0.25, 0.3) is 0 Å². The van der Waals surface area contributed by atoms with Crippen LogP contribution in [-0.2, 0) is 10.2 Å². The summed E-state index contributed by atoms with van der Waals surface area (Å²) in [6.07, 6.45) is 0.558. The first-order valence-corrected chi connectivity index (χ1v) is 8.10. The third-order valence-corrected chi connectivity index (χ3v) is 5.71.